The van der Waals surface area contributed by atoms with Crippen LogP contribution >= 0.6 is 12.6 Å². The van der Waals surface area contributed by atoms with Crippen molar-refractivity contribution in [2.45, 2.75) is 31.8 Å². The fraction of sp³-hybridized carbons (Fsp3) is 0.889. The van der Waals surface area contributed by atoms with Crippen molar-refractivity contribution in [1.29, 1.82) is 0 Å². The molecule has 1 unspecified atom stereocenters. The van der Waals surface area contributed by atoms with Gasteiger partial charge in [-0.3, -0.25) is 4.79 Å². The van der Waals surface area contributed by atoms with Crippen LogP contribution in [0.3, 0.4) is 0 Å². The number of amides is 1. The van der Waals surface area contributed by atoms with Crippen molar-refractivity contribution in [3.63, 3.8) is 0 Å². The largest absolute Gasteiger partial charge is 0.373 e. The van der Waals surface area contributed by atoms with E-state index in [1.54, 1.807) is 0 Å². The number of carbonyl (C=O) groups excluding carboxylic acids is 1. The summed E-state index contributed by atoms with van der Waals surface area (Å²) in [7, 11) is 0. The van der Waals surface area contributed by atoms with Gasteiger partial charge in [0.05, 0.1) is 5.60 Å². The smallest absolute Gasteiger partial charge is 0.220 e. The first-order valence-electron chi connectivity index (χ1n) is 4.68. The first-order chi connectivity index (χ1) is 6.16. The van der Waals surface area contributed by atoms with Gasteiger partial charge in [0.1, 0.15) is 0 Å². The lowest BCUT2D eigenvalue weighted by molar-refractivity contribution is -0.121. The van der Waals surface area contributed by atoms with E-state index in [0.29, 0.717) is 18.7 Å². The fourth-order valence-electron chi connectivity index (χ4n) is 1.45. The molecule has 1 amide bonds. The molecule has 76 valence electrons. The Morgan fingerprint density at radius 2 is 2.46 bits per heavy atom. The van der Waals surface area contributed by atoms with Crippen molar-refractivity contribution >= 4 is 18.5 Å². The van der Waals surface area contributed by atoms with Crippen LogP contribution in [-0.2, 0) is 9.53 Å². The predicted octanol–water partition coefficient (Wildman–Crippen LogP) is 0.992. The third-order valence-electron chi connectivity index (χ3n) is 2.30. The number of thiol groups is 1. The van der Waals surface area contributed by atoms with Crippen LogP contribution in [0.1, 0.15) is 26.2 Å². The van der Waals surface area contributed by atoms with Gasteiger partial charge in [-0.05, 0) is 25.5 Å². The zero-order chi connectivity index (χ0) is 9.73. The summed E-state index contributed by atoms with van der Waals surface area (Å²) >= 11 is 3.99. The second-order valence-electron chi connectivity index (χ2n) is 3.65. The van der Waals surface area contributed by atoms with E-state index < -0.39 is 0 Å². The van der Waals surface area contributed by atoms with Gasteiger partial charge in [-0.2, -0.15) is 12.6 Å². The number of rotatable bonds is 4. The van der Waals surface area contributed by atoms with Crippen molar-refractivity contribution < 1.29 is 9.53 Å². The zero-order valence-corrected chi connectivity index (χ0v) is 8.90. The van der Waals surface area contributed by atoms with Gasteiger partial charge in [0, 0.05) is 19.6 Å². The number of hydrogen-bond donors (Lipinski definition) is 2. The maximum atomic E-state index is 11.1. The first-order valence-corrected chi connectivity index (χ1v) is 5.31. The molecule has 3 nitrogen and oxygen atoms in total. The van der Waals surface area contributed by atoms with Gasteiger partial charge < -0.3 is 10.1 Å². The second kappa shape index (κ2) is 4.86. The monoisotopic (exact) mass is 203 g/mol. The Balaban J connectivity index is 2.21. The Kier molecular flexibility index (Phi) is 4.06. The molecular weight excluding hydrogens is 186 g/mol. The van der Waals surface area contributed by atoms with E-state index in [9.17, 15) is 4.79 Å². The number of hydrogen-bond acceptors (Lipinski definition) is 3. The third-order valence-corrected chi connectivity index (χ3v) is 2.52. The van der Waals surface area contributed by atoms with Crippen LogP contribution in [-0.4, -0.2) is 30.4 Å². The summed E-state index contributed by atoms with van der Waals surface area (Å²) in [5, 5.41) is 2.85. The van der Waals surface area contributed by atoms with E-state index in [1.165, 1.54) is 0 Å². The molecule has 0 aromatic carbocycles. The van der Waals surface area contributed by atoms with E-state index in [0.717, 1.165) is 19.4 Å². The van der Waals surface area contributed by atoms with Gasteiger partial charge >= 0.3 is 0 Å². The summed E-state index contributed by atoms with van der Waals surface area (Å²) in [5.41, 5.74) is -0.133. The number of nitrogens with one attached hydrogen (secondary N) is 1. The normalized spacial score (nSPS) is 27.5. The topological polar surface area (TPSA) is 38.3 Å². The van der Waals surface area contributed by atoms with E-state index in [2.05, 4.69) is 17.9 Å². The van der Waals surface area contributed by atoms with Gasteiger partial charge in [0.25, 0.3) is 0 Å². The van der Waals surface area contributed by atoms with Gasteiger partial charge in [-0.1, -0.05) is 0 Å². The molecule has 0 aromatic heterocycles. The number of carbonyl (C=O) groups is 1. The molecule has 1 heterocycles. The van der Waals surface area contributed by atoms with Crippen molar-refractivity contribution in [3.05, 3.63) is 0 Å². The summed E-state index contributed by atoms with van der Waals surface area (Å²) in [6, 6.07) is 0. The Morgan fingerprint density at radius 3 is 3.00 bits per heavy atom. The molecule has 1 rings (SSSR count). The lowest BCUT2D eigenvalue weighted by Crippen LogP contribution is -2.40. The second-order valence-corrected chi connectivity index (χ2v) is 4.10. The summed E-state index contributed by atoms with van der Waals surface area (Å²) in [6.45, 7) is 3.49. The summed E-state index contributed by atoms with van der Waals surface area (Å²) in [5.74, 6) is 0.662. The molecule has 0 radical (unpaired) electrons. The highest BCUT2D eigenvalue weighted by Crippen LogP contribution is 2.23. The standard InChI is InChI=1S/C9H17NO2S/c1-9(4-2-5-12-9)7-10-8(11)3-6-13/h13H,2-7H2,1H3,(H,10,11). The highest BCUT2D eigenvalue weighted by molar-refractivity contribution is 7.80. The van der Waals surface area contributed by atoms with Gasteiger partial charge in [0.15, 0.2) is 0 Å². The van der Waals surface area contributed by atoms with E-state index in [-0.39, 0.29) is 11.5 Å². The van der Waals surface area contributed by atoms with E-state index in [4.69, 9.17) is 4.74 Å². The maximum absolute atomic E-state index is 11.1. The van der Waals surface area contributed by atoms with E-state index >= 15 is 0 Å². The van der Waals surface area contributed by atoms with Gasteiger partial charge in [0.2, 0.25) is 5.91 Å². The molecule has 0 bridgehead atoms. The molecule has 1 fully saturated rings. The molecule has 0 spiro atoms. The molecular formula is C9H17NO2S. The van der Waals surface area contributed by atoms with Gasteiger partial charge in [-0.15, -0.1) is 0 Å². The van der Waals surface area contributed by atoms with Crippen LogP contribution in [0.25, 0.3) is 0 Å². The summed E-state index contributed by atoms with van der Waals surface area (Å²) < 4.78 is 5.54. The first kappa shape index (κ1) is 10.9. The quantitative estimate of drug-likeness (QED) is 0.669. The van der Waals surface area contributed by atoms with Crippen molar-refractivity contribution in [3.8, 4) is 0 Å². The summed E-state index contributed by atoms with van der Waals surface area (Å²) in [6.07, 6.45) is 2.62. The Labute approximate surface area is 84.6 Å². The van der Waals surface area contributed by atoms with Crippen LogP contribution in [0.2, 0.25) is 0 Å². The third kappa shape index (κ3) is 3.56. The Bertz CT molecular complexity index is 178. The van der Waals surface area contributed by atoms with Crippen LogP contribution in [0.15, 0.2) is 0 Å². The average molecular weight is 203 g/mol. The van der Waals surface area contributed by atoms with Crippen LogP contribution in [0, 0.1) is 0 Å². The molecule has 1 atom stereocenters. The molecule has 1 saturated heterocycles. The molecule has 0 saturated carbocycles. The van der Waals surface area contributed by atoms with Gasteiger partial charge in [-0.25, -0.2) is 0 Å². The predicted molar refractivity (Wildman–Crippen MR) is 55.1 cm³/mol. The minimum absolute atomic E-state index is 0.0618. The minimum atomic E-state index is -0.133. The number of ether oxygens (including phenoxy) is 1. The van der Waals surface area contributed by atoms with E-state index in [1.807, 2.05) is 6.92 Å². The molecule has 4 heteroatoms. The summed E-state index contributed by atoms with van der Waals surface area (Å²) in [4.78, 5) is 11.1. The lowest BCUT2D eigenvalue weighted by atomic mass is 10.0. The molecule has 1 aliphatic rings. The zero-order valence-electron chi connectivity index (χ0n) is 8.01. The Hall–Kier alpha value is -0.220. The molecule has 1 aliphatic heterocycles. The fourth-order valence-corrected chi connectivity index (χ4v) is 1.65. The molecule has 1 N–H and O–H groups in total. The lowest BCUT2D eigenvalue weighted by Gasteiger charge is -2.23. The molecule has 0 aliphatic carbocycles. The van der Waals surface area contributed by atoms with Crippen molar-refractivity contribution in [2.75, 3.05) is 18.9 Å². The SMILES string of the molecule is CC1(CNC(=O)CCS)CCCO1. The van der Waals surface area contributed by atoms with Crippen LogP contribution in [0.4, 0.5) is 0 Å². The van der Waals surface area contributed by atoms with Crippen molar-refractivity contribution in [1.82, 2.24) is 5.32 Å². The Morgan fingerprint density at radius 1 is 1.69 bits per heavy atom. The highest BCUT2D eigenvalue weighted by Gasteiger charge is 2.29. The van der Waals surface area contributed by atoms with Crippen LogP contribution in [0.5, 0.6) is 0 Å². The minimum Gasteiger partial charge on any atom is -0.373 e. The highest BCUT2D eigenvalue weighted by atomic mass is 32.1. The molecule has 13 heavy (non-hydrogen) atoms. The van der Waals surface area contributed by atoms with Crippen molar-refractivity contribution in [2.24, 2.45) is 0 Å². The molecule has 0 aromatic rings. The maximum Gasteiger partial charge on any atom is 0.220 e. The van der Waals surface area contributed by atoms with Crippen LogP contribution < -0.4 is 5.32 Å². The average Bonchev–Trinajstić information content (AvgIpc) is 2.51.